The number of carboxylic acids is 1. The van der Waals surface area contributed by atoms with E-state index in [9.17, 15) is 4.79 Å². The van der Waals surface area contributed by atoms with Crippen LogP contribution >= 0.6 is 0 Å². The summed E-state index contributed by atoms with van der Waals surface area (Å²) in [6.45, 7) is 3.79. The molecule has 4 heteroatoms. The van der Waals surface area contributed by atoms with Crippen molar-refractivity contribution >= 4 is 16.9 Å². The minimum atomic E-state index is -0.872. The maximum absolute atomic E-state index is 11.1. The second kappa shape index (κ2) is 4.70. The summed E-state index contributed by atoms with van der Waals surface area (Å²) in [6, 6.07) is 6.06. The highest BCUT2D eigenvalue weighted by atomic mass is 16.4. The molecule has 1 fully saturated rings. The van der Waals surface area contributed by atoms with E-state index >= 15 is 0 Å². The van der Waals surface area contributed by atoms with Gasteiger partial charge >= 0.3 is 5.97 Å². The van der Waals surface area contributed by atoms with Gasteiger partial charge in [0.15, 0.2) is 0 Å². The number of carbonyl (C=O) groups is 1. The van der Waals surface area contributed by atoms with Gasteiger partial charge in [0.25, 0.3) is 0 Å². The molecule has 0 radical (unpaired) electrons. The molecule has 3 rings (SSSR count). The van der Waals surface area contributed by atoms with Crippen LogP contribution in [0.4, 0.5) is 0 Å². The summed E-state index contributed by atoms with van der Waals surface area (Å²) in [5.74, 6) is -0.872. The summed E-state index contributed by atoms with van der Waals surface area (Å²) in [7, 11) is 0. The fourth-order valence-electron chi connectivity index (χ4n) is 2.45. The van der Waals surface area contributed by atoms with Gasteiger partial charge in [-0.15, -0.1) is 0 Å². The molecule has 1 aliphatic rings. The maximum Gasteiger partial charge on any atom is 0.335 e. The number of aromatic carboxylic acids is 1. The third-order valence-corrected chi connectivity index (χ3v) is 3.71. The van der Waals surface area contributed by atoms with Gasteiger partial charge in [-0.25, -0.2) is 4.79 Å². The number of rotatable bonds is 5. The zero-order valence-corrected chi connectivity index (χ0v) is 11.0. The smallest absolute Gasteiger partial charge is 0.335 e. The minimum absolute atomic E-state index is 0.349. The number of nitrogens with zero attached hydrogens (tertiary/aromatic N) is 1. The average molecular weight is 258 g/mol. The Morgan fingerprint density at radius 2 is 2.26 bits per heavy atom. The Morgan fingerprint density at radius 1 is 1.47 bits per heavy atom. The molecular weight excluding hydrogens is 240 g/mol. The van der Waals surface area contributed by atoms with E-state index in [4.69, 9.17) is 5.11 Å². The van der Waals surface area contributed by atoms with Gasteiger partial charge < -0.3 is 15.0 Å². The zero-order valence-electron chi connectivity index (χ0n) is 11.0. The number of aryl methyl sites for hydroxylation is 1. The number of fused-ring (bicyclic) bond motifs is 1. The monoisotopic (exact) mass is 258 g/mol. The second-order valence-corrected chi connectivity index (χ2v) is 5.13. The first-order valence-corrected chi connectivity index (χ1v) is 6.77. The van der Waals surface area contributed by atoms with E-state index in [1.165, 1.54) is 18.4 Å². The van der Waals surface area contributed by atoms with Crippen LogP contribution in [0, 0.1) is 0 Å². The third kappa shape index (κ3) is 2.36. The summed E-state index contributed by atoms with van der Waals surface area (Å²) < 4.78 is 2.12. The molecule has 0 spiro atoms. The number of hydrogen-bond donors (Lipinski definition) is 2. The van der Waals surface area contributed by atoms with Crippen LogP contribution in [0.1, 0.15) is 35.7 Å². The molecule has 4 nitrogen and oxygen atoms in total. The predicted molar refractivity (Wildman–Crippen MR) is 74.4 cm³/mol. The van der Waals surface area contributed by atoms with Crippen molar-refractivity contribution in [2.24, 2.45) is 0 Å². The van der Waals surface area contributed by atoms with Gasteiger partial charge in [-0.1, -0.05) is 6.07 Å². The van der Waals surface area contributed by atoms with Gasteiger partial charge in [-0.05, 0) is 37.5 Å². The third-order valence-electron chi connectivity index (χ3n) is 3.71. The van der Waals surface area contributed by atoms with E-state index in [1.807, 2.05) is 6.07 Å². The van der Waals surface area contributed by atoms with Crippen LogP contribution in [0.5, 0.6) is 0 Å². The highest BCUT2D eigenvalue weighted by molar-refractivity contribution is 5.94. The van der Waals surface area contributed by atoms with Crippen LogP contribution in [-0.2, 0) is 13.1 Å². The van der Waals surface area contributed by atoms with E-state index in [-0.39, 0.29) is 0 Å². The lowest BCUT2D eigenvalue weighted by molar-refractivity contribution is 0.0697. The Balaban J connectivity index is 2.00. The average Bonchev–Trinajstić information content (AvgIpc) is 3.17. The summed E-state index contributed by atoms with van der Waals surface area (Å²) in [4.78, 5) is 11.1. The topological polar surface area (TPSA) is 54.3 Å². The highest BCUT2D eigenvalue weighted by Crippen LogP contribution is 2.25. The molecule has 1 aromatic carbocycles. The molecule has 1 aromatic heterocycles. The number of benzene rings is 1. The van der Waals surface area contributed by atoms with E-state index in [2.05, 4.69) is 23.0 Å². The molecule has 2 N–H and O–H groups in total. The molecule has 0 aliphatic heterocycles. The summed E-state index contributed by atoms with van der Waals surface area (Å²) in [5, 5.41) is 13.7. The van der Waals surface area contributed by atoms with Crippen LogP contribution in [-0.4, -0.2) is 21.7 Å². The van der Waals surface area contributed by atoms with Crippen molar-refractivity contribution in [2.75, 3.05) is 0 Å². The van der Waals surface area contributed by atoms with Crippen molar-refractivity contribution in [3.05, 3.63) is 35.5 Å². The molecule has 0 atom stereocenters. The minimum Gasteiger partial charge on any atom is -0.478 e. The quantitative estimate of drug-likeness (QED) is 0.866. The molecule has 2 aromatic rings. The number of carboxylic acid groups (broad SMARTS) is 1. The zero-order chi connectivity index (χ0) is 13.4. The van der Waals surface area contributed by atoms with E-state index in [1.54, 1.807) is 12.1 Å². The fourth-order valence-corrected chi connectivity index (χ4v) is 2.45. The first-order valence-electron chi connectivity index (χ1n) is 6.77. The number of hydrogen-bond acceptors (Lipinski definition) is 2. The first kappa shape index (κ1) is 12.2. The Labute approximate surface area is 112 Å². The molecule has 1 heterocycles. The van der Waals surface area contributed by atoms with Crippen LogP contribution in [0.15, 0.2) is 24.4 Å². The normalized spacial score (nSPS) is 15.0. The Hall–Kier alpha value is -1.81. The molecule has 1 saturated carbocycles. The van der Waals surface area contributed by atoms with Crippen molar-refractivity contribution in [1.29, 1.82) is 0 Å². The van der Waals surface area contributed by atoms with Gasteiger partial charge in [-0.3, -0.25) is 0 Å². The fraction of sp³-hybridized carbons (Fsp3) is 0.400. The molecule has 1 aliphatic carbocycles. The Bertz CT molecular complexity index is 626. The van der Waals surface area contributed by atoms with Crippen molar-refractivity contribution in [3.8, 4) is 0 Å². The van der Waals surface area contributed by atoms with E-state index in [0.717, 1.165) is 24.0 Å². The van der Waals surface area contributed by atoms with Crippen molar-refractivity contribution < 1.29 is 9.90 Å². The molecule has 19 heavy (non-hydrogen) atoms. The largest absolute Gasteiger partial charge is 0.478 e. The summed E-state index contributed by atoms with van der Waals surface area (Å²) in [6.07, 6.45) is 4.68. The summed E-state index contributed by atoms with van der Waals surface area (Å²) in [5.41, 5.74) is 2.61. The number of aromatic nitrogens is 1. The van der Waals surface area contributed by atoms with Crippen molar-refractivity contribution in [1.82, 2.24) is 9.88 Å². The molecule has 0 bridgehead atoms. The highest BCUT2D eigenvalue weighted by Gasteiger charge is 2.21. The SMILES string of the molecule is CCn1cc(CNC2CC2)c2ccc(C(=O)O)cc21. The molecule has 0 unspecified atom stereocenters. The Kier molecular flexibility index (Phi) is 3.03. The van der Waals surface area contributed by atoms with Crippen LogP contribution in [0.3, 0.4) is 0 Å². The Morgan fingerprint density at radius 3 is 2.89 bits per heavy atom. The van der Waals surface area contributed by atoms with Gasteiger partial charge in [0.05, 0.1) is 5.56 Å². The van der Waals surface area contributed by atoms with Crippen LogP contribution < -0.4 is 5.32 Å². The van der Waals surface area contributed by atoms with Gasteiger partial charge in [-0.2, -0.15) is 0 Å². The van der Waals surface area contributed by atoms with Gasteiger partial charge in [0.2, 0.25) is 0 Å². The van der Waals surface area contributed by atoms with Gasteiger partial charge in [0, 0.05) is 36.2 Å². The molecular formula is C15H18N2O2. The van der Waals surface area contributed by atoms with E-state index < -0.39 is 5.97 Å². The first-order chi connectivity index (χ1) is 9.19. The molecule has 0 amide bonds. The molecule has 0 saturated heterocycles. The van der Waals surface area contributed by atoms with E-state index in [0.29, 0.717) is 11.6 Å². The van der Waals surface area contributed by atoms with Crippen molar-refractivity contribution in [3.63, 3.8) is 0 Å². The lowest BCUT2D eigenvalue weighted by atomic mass is 10.1. The van der Waals surface area contributed by atoms with Crippen LogP contribution in [0.2, 0.25) is 0 Å². The standard InChI is InChI=1S/C15H18N2O2/c1-2-17-9-11(8-16-12-4-5-12)13-6-3-10(15(18)19)7-14(13)17/h3,6-7,9,12,16H,2,4-5,8H2,1H3,(H,18,19). The summed E-state index contributed by atoms with van der Waals surface area (Å²) >= 11 is 0. The van der Waals surface area contributed by atoms with Crippen molar-refractivity contribution in [2.45, 2.75) is 38.9 Å². The van der Waals surface area contributed by atoms with Crippen LogP contribution in [0.25, 0.3) is 10.9 Å². The predicted octanol–water partition coefficient (Wildman–Crippen LogP) is 2.61. The lowest BCUT2D eigenvalue weighted by Gasteiger charge is -2.02. The van der Waals surface area contributed by atoms with Gasteiger partial charge in [0.1, 0.15) is 0 Å². The maximum atomic E-state index is 11.1. The lowest BCUT2D eigenvalue weighted by Crippen LogP contribution is -2.14. The second-order valence-electron chi connectivity index (χ2n) is 5.13. The number of nitrogens with one attached hydrogen (secondary N) is 1. The molecule has 100 valence electrons.